The van der Waals surface area contributed by atoms with E-state index in [4.69, 9.17) is 5.26 Å². The molecule has 2 rings (SSSR count). The third-order valence-electron chi connectivity index (χ3n) is 7.11. The van der Waals surface area contributed by atoms with E-state index >= 15 is 0 Å². The van der Waals surface area contributed by atoms with Gasteiger partial charge >= 0.3 is 0 Å². The van der Waals surface area contributed by atoms with Crippen molar-refractivity contribution >= 4 is 0 Å². The molecule has 152 valence electrons. The molecule has 2 heteroatoms. The summed E-state index contributed by atoms with van der Waals surface area (Å²) in [5.41, 5.74) is 0. The molecular weight excluding hydrogens is 333 g/mol. The van der Waals surface area contributed by atoms with E-state index in [2.05, 4.69) is 6.92 Å². The van der Waals surface area contributed by atoms with Crippen LogP contribution in [0.3, 0.4) is 0 Å². The van der Waals surface area contributed by atoms with Crippen LogP contribution < -0.4 is 0 Å². The van der Waals surface area contributed by atoms with Gasteiger partial charge in [0.25, 0.3) is 0 Å². The second kappa shape index (κ2) is 13.1. The number of allylic oxidation sites excluding steroid dienone is 4. The van der Waals surface area contributed by atoms with Crippen LogP contribution in [0.2, 0.25) is 0 Å². The van der Waals surface area contributed by atoms with Gasteiger partial charge in [-0.25, -0.2) is 0 Å². The zero-order valence-electron chi connectivity index (χ0n) is 17.5. The van der Waals surface area contributed by atoms with Crippen molar-refractivity contribution in [3.05, 3.63) is 24.1 Å². The average Bonchev–Trinajstić information content (AvgIpc) is 2.72. The normalized spacial score (nSPS) is 29.7. The van der Waals surface area contributed by atoms with E-state index in [9.17, 15) is 4.39 Å². The van der Waals surface area contributed by atoms with Gasteiger partial charge in [-0.15, -0.1) is 0 Å². The molecule has 2 aliphatic carbocycles. The number of nitriles is 1. The lowest BCUT2D eigenvalue weighted by Crippen LogP contribution is -2.18. The van der Waals surface area contributed by atoms with Crippen LogP contribution in [-0.2, 0) is 0 Å². The van der Waals surface area contributed by atoms with Crippen LogP contribution in [0.5, 0.6) is 0 Å². The second-order valence-electron chi connectivity index (χ2n) is 9.12. The van der Waals surface area contributed by atoms with Crippen LogP contribution in [0.1, 0.15) is 103 Å². The number of rotatable bonds is 10. The summed E-state index contributed by atoms with van der Waals surface area (Å²) >= 11 is 0. The fourth-order valence-corrected chi connectivity index (χ4v) is 5.20. The maximum absolute atomic E-state index is 12.7. The lowest BCUT2D eigenvalue weighted by Gasteiger charge is -2.32. The van der Waals surface area contributed by atoms with E-state index < -0.39 is 5.83 Å². The molecule has 0 aromatic heterocycles. The van der Waals surface area contributed by atoms with Crippen molar-refractivity contribution in [2.24, 2.45) is 23.7 Å². The molecule has 0 aromatic carbocycles. The van der Waals surface area contributed by atoms with E-state index in [0.717, 1.165) is 30.1 Å². The van der Waals surface area contributed by atoms with Gasteiger partial charge in [-0.3, -0.25) is 0 Å². The molecule has 0 radical (unpaired) electrons. The number of hydrogen-bond acceptors (Lipinski definition) is 1. The molecule has 1 nitrogen and oxygen atoms in total. The molecule has 0 unspecified atom stereocenters. The second-order valence-corrected chi connectivity index (χ2v) is 9.12. The molecule has 0 amide bonds. The van der Waals surface area contributed by atoms with Gasteiger partial charge in [0.1, 0.15) is 6.07 Å². The van der Waals surface area contributed by atoms with Crippen molar-refractivity contribution in [1.29, 1.82) is 5.26 Å². The molecule has 0 atom stereocenters. The van der Waals surface area contributed by atoms with E-state index in [1.54, 1.807) is 6.08 Å². The smallest absolute Gasteiger partial charge is 0.195 e. The number of nitrogens with zero attached hydrogens (tertiary/aromatic N) is 1. The summed E-state index contributed by atoms with van der Waals surface area (Å²) in [4.78, 5) is 0. The molecule has 0 bridgehead atoms. The Bertz CT molecular complexity index is 485. The highest BCUT2D eigenvalue weighted by molar-refractivity contribution is 5.18. The third-order valence-corrected chi connectivity index (χ3v) is 7.11. The van der Waals surface area contributed by atoms with E-state index in [1.165, 1.54) is 102 Å². The van der Waals surface area contributed by atoms with E-state index in [0.29, 0.717) is 0 Å². The highest BCUT2D eigenvalue weighted by atomic mass is 19.1. The van der Waals surface area contributed by atoms with Crippen molar-refractivity contribution in [3.8, 4) is 6.07 Å². The highest BCUT2D eigenvalue weighted by Crippen LogP contribution is 2.38. The maximum Gasteiger partial charge on any atom is 0.199 e. The van der Waals surface area contributed by atoms with Crippen molar-refractivity contribution in [2.75, 3.05) is 0 Å². The van der Waals surface area contributed by atoms with Gasteiger partial charge < -0.3 is 0 Å². The summed E-state index contributed by atoms with van der Waals surface area (Å²) < 4.78 is 12.7. The summed E-state index contributed by atoms with van der Waals surface area (Å²) in [6.07, 6.45) is 26.0. The lowest BCUT2D eigenvalue weighted by atomic mass is 9.74. The van der Waals surface area contributed by atoms with Crippen molar-refractivity contribution < 1.29 is 4.39 Å². The van der Waals surface area contributed by atoms with Crippen LogP contribution in [0.15, 0.2) is 24.1 Å². The Kier molecular flexibility index (Phi) is 10.8. The fraction of sp³-hybridized carbons (Fsp3) is 0.800. The van der Waals surface area contributed by atoms with Crippen molar-refractivity contribution in [1.82, 2.24) is 0 Å². The molecule has 0 heterocycles. The topological polar surface area (TPSA) is 23.8 Å². The standard InChI is InChI=1S/C25H40FN/c1-2-3-7-21-10-14-23(15-11-21)18-19-24-16-12-22(13-17-24)8-5-4-6-9-25(26)20-27/h4,6,9,21-24H,2-3,5,7-8,10-19H2,1H3/t21-,22?,23-,24?. The molecule has 0 aromatic rings. The SMILES string of the molecule is CCCC[C@H]1CC[C@H](CCC2CCC(CCC=CC=C(F)C#N)CC2)CC1. The molecule has 2 aliphatic rings. The Morgan fingerprint density at radius 1 is 0.852 bits per heavy atom. The molecule has 0 spiro atoms. The average molecular weight is 374 g/mol. The van der Waals surface area contributed by atoms with Crippen molar-refractivity contribution in [2.45, 2.75) is 103 Å². The summed E-state index contributed by atoms with van der Waals surface area (Å²) in [5.74, 6) is 3.18. The molecule has 2 saturated carbocycles. The maximum atomic E-state index is 12.7. The molecule has 0 N–H and O–H groups in total. The quantitative estimate of drug-likeness (QED) is 0.279. The zero-order chi connectivity index (χ0) is 19.3. The molecule has 27 heavy (non-hydrogen) atoms. The Morgan fingerprint density at radius 3 is 1.81 bits per heavy atom. The van der Waals surface area contributed by atoms with Crippen LogP contribution in [0, 0.1) is 35.0 Å². The Labute approximate surface area is 167 Å². The Hall–Kier alpha value is -1.10. The number of hydrogen-bond donors (Lipinski definition) is 0. The fourth-order valence-electron chi connectivity index (χ4n) is 5.20. The first kappa shape index (κ1) is 22.2. The summed E-state index contributed by atoms with van der Waals surface area (Å²) in [6, 6.07) is 1.50. The first-order chi connectivity index (χ1) is 13.2. The van der Waals surface area contributed by atoms with Crippen LogP contribution in [0.25, 0.3) is 0 Å². The highest BCUT2D eigenvalue weighted by Gasteiger charge is 2.24. The third kappa shape index (κ3) is 9.09. The first-order valence-electron chi connectivity index (χ1n) is 11.6. The molecular formula is C25H40FN. The van der Waals surface area contributed by atoms with Crippen LogP contribution in [-0.4, -0.2) is 0 Å². The van der Waals surface area contributed by atoms with E-state index in [1.807, 2.05) is 6.08 Å². The molecule has 0 saturated heterocycles. The molecule has 2 fully saturated rings. The minimum atomic E-state index is -0.707. The van der Waals surface area contributed by atoms with Gasteiger partial charge in [-0.05, 0) is 42.6 Å². The minimum absolute atomic E-state index is 0.707. The predicted molar refractivity (Wildman–Crippen MR) is 113 cm³/mol. The van der Waals surface area contributed by atoms with Crippen molar-refractivity contribution in [3.63, 3.8) is 0 Å². The minimum Gasteiger partial charge on any atom is -0.195 e. The van der Waals surface area contributed by atoms with Gasteiger partial charge in [0.15, 0.2) is 5.83 Å². The summed E-state index contributed by atoms with van der Waals surface area (Å²) in [7, 11) is 0. The molecule has 0 aliphatic heterocycles. The Balaban J connectivity index is 1.52. The summed E-state index contributed by atoms with van der Waals surface area (Å²) in [6.45, 7) is 2.31. The summed E-state index contributed by atoms with van der Waals surface area (Å²) in [5, 5.41) is 8.36. The Morgan fingerprint density at radius 2 is 1.33 bits per heavy atom. The van der Waals surface area contributed by atoms with Gasteiger partial charge in [0.2, 0.25) is 0 Å². The predicted octanol–water partition coefficient (Wildman–Crippen LogP) is 8.28. The largest absolute Gasteiger partial charge is 0.199 e. The van der Waals surface area contributed by atoms with Gasteiger partial charge in [-0.2, -0.15) is 9.65 Å². The van der Waals surface area contributed by atoms with E-state index in [-0.39, 0.29) is 0 Å². The first-order valence-corrected chi connectivity index (χ1v) is 11.6. The van der Waals surface area contributed by atoms with Gasteiger partial charge in [0, 0.05) is 0 Å². The van der Waals surface area contributed by atoms with Crippen LogP contribution >= 0.6 is 0 Å². The monoisotopic (exact) mass is 373 g/mol. The zero-order valence-corrected chi connectivity index (χ0v) is 17.5. The van der Waals surface area contributed by atoms with Gasteiger partial charge in [-0.1, -0.05) is 103 Å². The number of unbranched alkanes of at least 4 members (excludes halogenated alkanes) is 1. The number of halogens is 1. The van der Waals surface area contributed by atoms with Crippen LogP contribution in [0.4, 0.5) is 4.39 Å². The lowest BCUT2D eigenvalue weighted by molar-refractivity contribution is 0.209. The van der Waals surface area contributed by atoms with Gasteiger partial charge in [0.05, 0.1) is 0 Å².